The van der Waals surface area contributed by atoms with Crippen LogP contribution in [0.5, 0.6) is 0 Å². The zero-order valence-electron chi connectivity index (χ0n) is 14.8. The van der Waals surface area contributed by atoms with Gasteiger partial charge in [0.15, 0.2) is 18.2 Å². The largest absolute Gasteiger partial charge is 0.343 e. The molecule has 0 aliphatic carbocycles. The summed E-state index contributed by atoms with van der Waals surface area (Å²) in [6, 6.07) is -0.814. The number of carbonyl (C=O) groups excluding carboxylic acids is 2. The van der Waals surface area contributed by atoms with Crippen LogP contribution in [-0.2, 0) is 4.79 Å². The van der Waals surface area contributed by atoms with Crippen molar-refractivity contribution in [3.8, 4) is 0 Å². The number of guanidine groups is 1. The van der Waals surface area contributed by atoms with Gasteiger partial charge in [0, 0.05) is 26.7 Å². The van der Waals surface area contributed by atoms with E-state index in [4.69, 9.17) is 4.99 Å². The molecule has 132 valence electrons. The van der Waals surface area contributed by atoms with Gasteiger partial charge in [0.25, 0.3) is 5.91 Å². The van der Waals surface area contributed by atoms with Crippen molar-refractivity contribution in [3.63, 3.8) is 0 Å². The molecule has 2 fully saturated rings. The Morgan fingerprint density at radius 2 is 1.88 bits per heavy atom. The van der Waals surface area contributed by atoms with Gasteiger partial charge in [-0.15, -0.1) is 0 Å². The molecule has 1 N–H and O–H groups in total. The van der Waals surface area contributed by atoms with E-state index in [1.165, 1.54) is 23.3 Å². The van der Waals surface area contributed by atoms with Crippen LogP contribution in [0.15, 0.2) is 16.6 Å². The highest BCUT2D eigenvalue weighted by molar-refractivity contribution is 6.03. The van der Waals surface area contributed by atoms with Gasteiger partial charge in [-0.05, 0) is 26.7 Å². The lowest BCUT2D eigenvalue weighted by atomic mass is 10.1. The molecule has 3 aliphatic rings. The minimum absolute atomic E-state index is 0.251. The number of urea groups is 1. The van der Waals surface area contributed by atoms with Gasteiger partial charge in [0.05, 0.1) is 0 Å². The van der Waals surface area contributed by atoms with Crippen LogP contribution in [0, 0.1) is 0 Å². The van der Waals surface area contributed by atoms with Crippen LogP contribution >= 0.6 is 0 Å². The number of imide groups is 1. The van der Waals surface area contributed by atoms with Crippen molar-refractivity contribution in [2.24, 2.45) is 4.99 Å². The number of nitrogens with zero attached hydrogens (tertiary/aromatic N) is 4. The maximum absolute atomic E-state index is 12.5. The van der Waals surface area contributed by atoms with E-state index >= 15 is 0 Å². The minimum atomic E-state index is -0.443. The molecule has 2 saturated heterocycles. The fourth-order valence-corrected chi connectivity index (χ4v) is 3.52. The third-order valence-corrected chi connectivity index (χ3v) is 4.92. The zero-order valence-corrected chi connectivity index (χ0v) is 14.8. The molecule has 0 aromatic rings. The average Bonchev–Trinajstić information content (AvgIpc) is 2.71. The number of aliphatic imine (C=N–C) groups is 1. The van der Waals surface area contributed by atoms with E-state index in [0.717, 1.165) is 31.9 Å². The van der Waals surface area contributed by atoms with Crippen LogP contribution in [0.1, 0.15) is 39.5 Å². The van der Waals surface area contributed by atoms with Crippen molar-refractivity contribution in [3.05, 3.63) is 11.6 Å². The minimum Gasteiger partial charge on any atom is -0.343 e. The fourth-order valence-electron chi connectivity index (χ4n) is 3.52. The standard InChI is InChI=1S/C17H27N5O2/c1-12(2)8-11-22-13-14(20(3)17(24)19-15(13)23)18-16(22)21-9-6-4-5-7-10-21/h8,13-14H,4-7,9-11H2,1-3H3,(H,19,23,24). The van der Waals surface area contributed by atoms with Crippen LogP contribution < -0.4 is 5.32 Å². The van der Waals surface area contributed by atoms with E-state index < -0.39 is 12.2 Å². The number of likely N-dealkylation sites (N-methyl/N-ethyl adjacent to an activating group) is 1. The highest BCUT2D eigenvalue weighted by atomic mass is 16.2. The van der Waals surface area contributed by atoms with Gasteiger partial charge in [-0.1, -0.05) is 24.5 Å². The van der Waals surface area contributed by atoms with E-state index in [1.54, 1.807) is 7.05 Å². The summed E-state index contributed by atoms with van der Waals surface area (Å²) in [6.45, 7) is 6.65. The number of rotatable bonds is 2. The normalized spacial score (nSPS) is 27.5. The summed E-state index contributed by atoms with van der Waals surface area (Å²) in [7, 11) is 1.70. The van der Waals surface area contributed by atoms with Gasteiger partial charge >= 0.3 is 6.03 Å². The van der Waals surface area contributed by atoms with Crippen molar-refractivity contribution in [1.82, 2.24) is 20.0 Å². The molecule has 3 rings (SSSR count). The molecule has 0 radical (unpaired) electrons. The molecule has 3 amide bonds. The number of likely N-dealkylation sites (tertiary alicyclic amines) is 1. The first kappa shape index (κ1) is 16.8. The molecule has 3 heterocycles. The Morgan fingerprint density at radius 1 is 1.21 bits per heavy atom. The second-order valence-electron chi connectivity index (χ2n) is 7.03. The average molecular weight is 333 g/mol. The molecule has 3 aliphatic heterocycles. The maximum atomic E-state index is 12.5. The topological polar surface area (TPSA) is 68.2 Å². The lowest BCUT2D eigenvalue weighted by molar-refractivity contribution is -0.127. The molecule has 24 heavy (non-hydrogen) atoms. The van der Waals surface area contributed by atoms with Crippen LogP contribution in [-0.4, -0.2) is 71.5 Å². The Bertz CT molecular complexity index is 574. The summed E-state index contributed by atoms with van der Waals surface area (Å²) in [6.07, 6.45) is 6.44. The number of nitrogens with one attached hydrogen (secondary N) is 1. The highest BCUT2D eigenvalue weighted by Crippen LogP contribution is 2.26. The number of amides is 3. The maximum Gasteiger partial charge on any atom is 0.325 e. The lowest BCUT2D eigenvalue weighted by Crippen LogP contribution is -2.64. The van der Waals surface area contributed by atoms with Crippen molar-refractivity contribution < 1.29 is 9.59 Å². The van der Waals surface area contributed by atoms with Gasteiger partial charge < -0.3 is 14.7 Å². The van der Waals surface area contributed by atoms with Crippen molar-refractivity contribution >= 4 is 17.9 Å². The predicted octanol–water partition coefficient (Wildman–Crippen LogP) is 1.38. The first-order chi connectivity index (χ1) is 11.5. The summed E-state index contributed by atoms with van der Waals surface area (Å²) >= 11 is 0. The summed E-state index contributed by atoms with van der Waals surface area (Å²) in [5, 5.41) is 2.45. The Morgan fingerprint density at radius 3 is 2.50 bits per heavy atom. The molecular formula is C17H27N5O2. The molecule has 0 bridgehead atoms. The molecule has 7 heteroatoms. The molecular weight excluding hydrogens is 306 g/mol. The Kier molecular flexibility index (Phi) is 4.78. The first-order valence-corrected chi connectivity index (χ1v) is 8.79. The Labute approximate surface area is 143 Å². The highest BCUT2D eigenvalue weighted by Gasteiger charge is 2.49. The smallest absolute Gasteiger partial charge is 0.325 e. The summed E-state index contributed by atoms with van der Waals surface area (Å²) < 4.78 is 0. The van der Waals surface area contributed by atoms with Crippen molar-refractivity contribution in [2.75, 3.05) is 26.7 Å². The Balaban J connectivity index is 1.91. The van der Waals surface area contributed by atoms with Gasteiger partial charge in [-0.25, -0.2) is 9.79 Å². The van der Waals surface area contributed by atoms with E-state index in [1.807, 2.05) is 13.8 Å². The Hall–Kier alpha value is -2.05. The number of hydrogen-bond acceptors (Lipinski definition) is 5. The van der Waals surface area contributed by atoms with Crippen LogP contribution in [0.2, 0.25) is 0 Å². The van der Waals surface area contributed by atoms with E-state index in [-0.39, 0.29) is 11.9 Å². The van der Waals surface area contributed by atoms with E-state index in [2.05, 4.69) is 21.2 Å². The zero-order chi connectivity index (χ0) is 17.3. The molecule has 0 aromatic heterocycles. The summed E-state index contributed by atoms with van der Waals surface area (Å²) in [4.78, 5) is 35.1. The number of hydrogen-bond donors (Lipinski definition) is 1. The van der Waals surface area contributed by atoms with Crippen molar-refractivity contribution in [1.29, 1.82) is 0 Å². The molecule has 0 aromatic carbocycles. The monoisotopic (exact) mass is 333 g/mol. The summed E-state index contributed by atoms with van der Waals surface area (Å²) in [5.74, 6) is 0.611. The molecule has 2 atom stereocenters. The molecule has 7 nitrogen and oxygen atoms in total. The second-order valence-corrected chi connectivity index (χ2v) is 7.03. The van der Waals surface area contributed by atoms with Crippen LogP contribution in [0.4, 0.5) is 4.79 Å². The van der Waals surface area contributed by atoms with Crippen LogP contribution in [0.3, 0.4) is 0 Å². The second kappa shape index (κ2) is 6.83. The third-order valence-electron chi connectivity index (χ3n) is 4.92. The van der Waals surface area contributed by atoms with Gasteiger partial charge in [-0.2, -0.15) is 0 Å². The van der Waals surface area contributed by atoms with E-state index in [9.17, 15) is 9.59 Å². The quantitative estimate of drug-likeness (QED) is 0.775. The predicted molar refractivity (Wildman–Crippen MR) is 92.5 cm³/mol. The first-order valence-electron chi connectivity index (χ1n) is 8.79. The third kappa shape index (κ3) is 3.12. The lowest BCUT2D eigenvalue weighted by Gasteiger charge is -2.37. The SMILES string of the molecule is CC(C)=CCN1C(N2CCCCCC2)=NC2C1C(=O)NC(=O)N2C. The number of carbonyl (C=O) groups is 2. The molecule has 0 spiro atoms. The number of allylic oxidation sites excluding steroid dienone is 1. The summed E-state index contributed by atoms with van der Waals surface area (Å²) in [5.41, 5.74) is 1.20. The molecule has 0 saturated carbocycles. The number of fused-ring (bicyclic) bond motifs is 1. The van der Waals surface area contributed by atoms with Gasteiger partial charge in [-0.3, -0.25) is 10.1 Å². The molecule has 2 unspecified atom stereocenters. The fraction of sp³-hybridized carbons (Fsp3) is 0.706. The van der Waals surface area contributed by atoms with Crippen LogP contribution in [0.25, 0.3) is 0 Å². The van der Waals surface area contributed by atoms with E-state index in [0.29, 0.717) is 6.54 Å². The van der Waals surface area contributed by atoms with Gasteiger partial charge in [0.1, 0.15) is 0 Å². The van der Waals surface area contributed by atoms with Gasteiger partial charge in [0.2, 0.25) is 0 Å². The van der Waals surface area contributed by atoms with Crippen molar-refractivity contribution in [2.45, 2.75) is 51.7 Å².